The second kappa shape index (κ2) is 5.69. The van der Waals surface area contributed by atoms with E-state index in [1.54, 1.807) is 6.08 Å². The molecule has 0 aliphatic carbocycles. The van der Waals surface area contributed by atoms with Crippen LogP contribution in [0.4, 0.5) is 0 Å². The molecule has 4 heteroatoms. The van der Waals surface area contributed by atoms with Crippen LogP contribution < -0.4 is 34.3 Å². The summed E-state index contributed by atoms with van der Waals surface area (Å²) in [5.74, 6) is -0.429. The van der Waals surface area contributed by atoms with Gasteiger partial charge in [0.25, 0.3) is 0 Å². The minimum Gasteiger partial charge on any atom is -1.00 e. The van der Waals surface area contributed by atoms with E-state index in [0.717, 1.165) is 5.56 Å². The number of nitrogens with zero attached hydrogens (tertiary/aromatic N) is 1. The van der Waals surface area contributed by atoms with Gasteiger partial charge in [-0.2, -0.15) is 0 Å². The lowest BCUT2D eigenvalue weighted by Crippen LogP contribution is -3.00. The van der Waals surface area contributed by atoms with Crippen LogP contribution in [-0.2, 0) is 11.8 Å². The largest absolute Gasteiger partial charge is 1.00 e. The van der Waals surface area contributed by atoms with Crippen molar-refractivity contribution in [2.24, 2.45) is 12.8 Å². The molecule has 70 valence electrons. The van der Waals surface area contributed by atoms with E-state index in [0.29, 0.717) is 0 Å². The first-order valence-corrected chi connectivity index (χ1v) is 3.61. The fraction of sp³-hybridized carbons (Fsp3) is 0.111. The van der Waals surface area contributed by atoms with E-state index >= 15 is 0 Å². The lowest BCUT2D eigenvalue weighted by Gasteiger charge is -1.89. The molecule has 0 fully saturated rings. The Labute approximate surface area is 94.3 Å². The number of pyridine rings is 1. The topological polar surface area (TPSA) is 47.0 Å². The molecule has 0 aromatic carbocycles. The van der Waals surface area contributed by atoms with Gasteiger partial charge in [0, 0.05) is 17.7 Å². The number of halogens is 1. The number of aromatic nitrogens is 1. The summed E-state index contributed by atoms with van der Waals surface area (Å²) in [6.45, 7) is 0. The Kier molecular flexibility index (Phi) is 5.29. The highest BCUT2D eigenvalue weighted by atomic mass is 127. The molecule has 3 nitrogen and oxygen atoms in total. The van der Waals surface area contributed by atoms with Gasteiger partial charge in [-0.1, -0.05) is 0 Å². The van der Waals surface area contributed by atoms with E-state index in [4.69, 9.17) is 5.73 Å². The molecule has 0 aliphatic rings. The SMILES string of the molecule is C[n+]1cccc(C=CC(N)=O)c1.[I-]. The first kappa shape index (κ1) is 12.1. The average Bonchev–Trinajstić information content (AvgIpc) is 2.01. The van der Waals surface area contributed by atoms with Crippen LogP contribution in [0.3, 0.4) is 0 Å². The van der Waals surface area contributed by atoms with Crippen LogP contribution in [0.2, 0.25) is 0 Å². The fourth-order valence-electron chi connectivity index (χ4n) is 0.888. The van der Waals surface area contributed by atoms with Crippen molar-refractivity contribution in [3.8, 4) is 0 Å². The zero-order valence-corrected chi connectivity index (χ0v) is 9.43. The van der Waals surface area contributed by atoms with Crippen LogP contribution >= 0.6 is 0 Å². The highest BCUT2D eigenvalue weighted by molar-refractivity contribution is 5.90. The predicted molar refractivity (Wildman–Crippen MR) is 45.8 cm³/mol. The number of amides is 1. The van der Waals surface area contributed by atoms with Crippen molar-refractivity contribution in [1.29, 1.82) is 0 Å². The molecule has 0 aliphatic heterocycles. The Balaban J connectivity index is 0.00000144. The van der Waals surface area contributed by atoms with Gasteiger partial charge in [0.15, 0.2) is 12.4 Å². The molecular formula is C9H11IN2O. The Bertz CT molecular complexity index is 323. The number of carbonyl (C=O) groups excluding carboxylic acids is 1. The van der Waals surface area contributed by atoms with Crippen molar-refractivity contribution in [3.05, 3.63) is 36.2 Å². The first-order chi connectivity index (χ1) is 5.68. The third kappa shape index (κ3) is 4.62. The molecule has 0 spiro atoms. The summed E-state index contributed by atoms with van der Waals surface area (Å²) >= 11 is 0. The standard InChI is InChI=1S/C9H10N2O.HI/c1-11-6-2-3-8(7-11)4-5-9(10)12;/h2-7H,1H3,(H-,10,12);1H. The average molecular weight is 290 g/mol. The summed E-state index contributed by atoms with van der Waals surface area (Å²) in [6.07, 6.45) is 6.85. The molecule has 1 amide bonds. The van der Waals surface area contributed by atoms with Gasteiger partial charge in [-0.15, -0.1) is 0 Å². The van der Waals surface area contributed by atoms with Gasteiger partial charge >= 0.3 is 0 Å². The quantitative estimate of drug-likeness (QED) is 0.352. The van der Waals surface area contributed by atoms with E-state index in [-0.39, 0.29) is 24.0 Å². The third-order valence-electron chi connectivity index (χ3n) is 1.40. The molecule has 1 aromatic heterocycles. The molecule has 0 radical (unpaired) electrons. The molecule has 0 unspecified atom stereocenters. The number of nitrogens with two attached hydrogens (primary N) is 1. The maximum absolute atomic E-state index is 10.4. The molecule has 0 saturated carbocycles. The molecule has 0 saturated heterocycles. The molecule has 0 atom stereocenters. The van der Waals surface area contributed by atoms with Crippen LogP contribution in [0, 0.1) is 0 Å². The van der Waals surface area contributed by atoms with Crippen molar-refractivity contribution in [2.45, 2.75) is 0 Å². The molecule has 2 N–H and O–H groups in total. The number of hydrogen-bond acceptors (Lipinski definition) is 1. The lowest BCUT2D eigenvalue weighted by atomic mass is 10.2. The van der Waals surface area contributed by atoms with E-state index in [9.17, 15) is 4.79 Å². The monoisotopic (exact) mass is 290 g/mol. The van der Waals surface area contributed by atoms with Crippen LogP contribution in [0.25, 0.3) is 6.08 Å². The minimum atomic E-state index is -0.429. The minimum absolute atomic E-state index is 0. The number of hydrogen-bond donors (Lipinski definition) is 1. The van der Waals surface area contributed by atoms with Crippen molar-refractivity contribution in [2.75, 3.05) is 0 Å². The van der Waals surface area contributed by atoms with Gasteiger partial charge in [-0.25, -0.2) is 4.57 Å². The molecule has 1 heterocycles. The zero-order chi connectivity index (χ0) is 8.97. The van der Waals surface area contributed by atoms with Crippen molar-refractivity contribution in [3.63, 3.8) is 0 Å². The van der Waals surface area contributed by atoms with Gasteiger partial charge in [0.1, 0.15) is 7.05 Å². The molecule has 1 aromatic rings. The molecule has 0 bridgehead atoms. The Morgan fingerprint density at radius 2 is 2.31 bits per heavy atom. The van der Waals surface area contributed by atoms with E-state index in [1.165, 1.54) is 6.08 Å². The van der Waals surface area contributed by atoms with Gasteiger partial charge < -0.3 is 29.7 Å². The number of rotatable bonds is 2. The molecular weight excluding hydrogens is 279 g/mol. The van der Waals surface area contributed by atoms with Crippen LogP contribution in [-0.4, -0.2) is 5.91 Å². The summed E-state index contributed by atoms with van der Waals surface area (Å²) in [4.78, 5) is 10.4. The second-order valence-corrected chi connectivity index (χ2v) is 2.54. The van der Waals surface area contributed by atoms with Crippen LogP contribution in [0.5, 0.6) is 0 Å². The summed E-state index contributed by atoms with van der Waals surface area (Å²) in [6, 6.07) is 3.81. The van der Waals surface area contributed by atoms with E-state index < -0.39 is 5.91 Å². The van der Waals surface area contributed by atoms with Gasteiger partial charge in [-0.05, 0) is 12.1 Å². The maximum atomic E-state index is 10.4. The summed E-state index contributed by atoms with van der Waals surface area (Å²) in [5.41, 5.74) is 5.90. The summed E-state index contributed by atoms with van der Waals surface area (Å²) < 4.78 is 1.90. The number of carbonyl (C=O) groups is 1. The van der Waals surface area contributed by atoms with Crippen LogP contribution in [0.1, 0.15) is 5.56 Å². The van der Waals surface area contributed by atoms with Crippen molar-refractivity contribution < 1.29 is 33.3 Å². The van der Waals surface area contributed by atoms with Gasteiger partial charge in [-0.3, -0.25) is 4.79 Å². The molecule has 1 rings (SSSR count). The number of aryl methyl sites for hydroxylation is 1. The Morgan fingerprint density at radius 1 is 1.62 bits per heavy atom. The maximum Gasteiger partial charge on any atom is 0.241 e. The predicted octanol–water partition coefficient (Wildman–Crippen LogP) is -2.99. The van der Waals surface area contributed by atoms with E-state index in [2.05, 4.69) is 0 Å². The van der Waals surface area contributed by atoms with Gasteiger partial charge in [0.2, 0.25) is 5.91 Å². The summed E-state index contributed by atoms with van der Waals surface area (Å²) in [5, 5.41) is 0. The van der Waals surface area contributed by atoms with Gasteiger partial charge in [0.05, 0.1) is 0 Å². The van der Waals surface area contributed by atoms with Crippen LogP contribution in [0.15, 0.2) is 30.6 Å². The summed E-state index contributed by atoms with van der Waals surface area (Å²) in [7, 11) is 1.92. The second-order valence-electron chi connectivity index (χ2n) is 2.54. The lowest BCUT2D eigenvalue weighted by molar-refractivity contribution is -0.671. The fourth-order valence-corrected chi connectivity index (χ4v) is 0.888. The Hall–Kier alpha value is -0.910. The molecule has 13 heavy (non-hydrogen) atoms. The highest BCUT2D eigenvalue weighted by Gasteiger charge is 1.92. The third-order valence-corrected chi connectivity index (χ3v) is 1.40. The van der Waals surface area contributed by atoms with Crippen molar-refractivity contribution in [1.82, 2.24) is 0 Å². The highest BCUT2D eigenvalue weighted by Crippen LogP contribution is 1.96. The first-order valence-electron chi connectivity index (χ1n) is 3.61. The van der Waals surface area contributed by atoms with Crippen molar-refractivity contribution >= 4 is 12.0 Å². The number of primary amides is 1. The normalized spacial score (nSPS) is 9.62. The van der Waals surface area contributed by atoms with E-state index in [1.807, 2.05) is 36.1 Å². The smallest absolute Gasteiger partial charge is 0.241 e. The Morgan fingerprint density at radius 3 is 2.85 bits per heavy atom. The zero-order valence-electron chi connectivity index (χ0n) is 7.27.